The fraction of sp³-hybridized carbons (Fsp3) is 0.643. The molecule has 1 aromatic heterocycles. The second kappa shape index (κ2) is 4.76. The van der Waals surface area contributed by atoms with Crippen molar-refractivity contribution in [3.8, 4) is 0 Å². The monoisotopic (exact) mass is 250 g/mol. The molecule has 1 aliphatic rings. The summed E-state index contributed by atoms with van der Waals surface area (Å²) in [5, 5.41) is 10.9. The van der Waals surface area contributed by atoms with Crippen LogP contribution in [-0.4, -0.2) is 24.0 Å². The van der Waals surface area contributed by atoms with Crippen LogP contribution in [-0.2, 0) is 12.0 Å². The number of aromatic carboxylic acids is 1. The Bertz CT molecular complexity index is 436. The van der Waals surface area contributed by atoms with Crippen LogP contribution in [0.25, 0.3) is 0 Å². The molecule has 0 spiro atoms. The molecule has 0 N–H and O–H groups in total. The number of carbonyl (C=O) groups is 1. The molecule has 0 aromatic carbocycles. The Morgan fingerprint density at radius 3 is 2.50 bits per heavy atom. The van der Waals surface area contributed by atoms with Crippen LogP contribution in [0.2, 0.25) is 0 Å². The van der Waals surface area contributed by atoms with Crippen molar-refractivity contribution in [2.75, 3.05) is 13.1 Å². The van der Waals surface area contributed by atoms with Gasteiger partial charge in [0.25, 0.3) is 0 Å². The molecular formula is C14H20NO3-. The second-order valence-electron chi connectivity index (χ2n) is 5.99. The molecule has 0 saturated carbocycles. The van der Waals surface area contributed by atoms with Crippen molar-refractivity contribution in [2.24, 2.45) is 0 Å². The molecule has 0 bridgehead atoms. The van der Waals surface area contributed by atoms with Crippen molar-refractivity contribution in [3.63, 3.8) is 0 Å². The molecule has 4 heteroatoms. The Morgan fingerprint density at radius 2 is 2.00 bits per heavy atom. The number of carbonyl (C=O) groups excluding carboxylic acids is 1. The number of nitrogens with zero attached hydrogens (tertiary/aromatic N) is 1. The maximum atomic E-state index is 10.9. The van der Waals surface area contributed by atoms with Crippen molar-refractivity contribution in [3.05, 3.63) is 23.2 Å². The molecule has 0 atom stereocenters. The molecule has 1 fully saturated rings. The largest absolute Gasteiger partial charge is 0.542 e. The number of rotatable bonds is 3. The molecule has 18 heavy (non-hydrogen) atoms. The van der Waals surface area contributed by atoms with E-state index in [1.54, 1.807) is 6.07 Å². The van der Waals surface area contributed by atoms with Gasteiger partial charge in [-0.3, -0.25) is 4.90 Å². The molecule has 0 radical (unpaired) electrons. The Labute approximate surface area is 108 Å². The predicted octanol–water partition coefficient (Wildman–Crippen LogP) is 1.54. The van der Waals surface area contributed by atoms with Crippen LogP contribution in [0, 0.1) is 0 Å². The normalized spacial score (nSPS) is 17.3. The van der Waals surface area contributed by atoms with Gasteiger partial charge in [0, 0.05) is 17.5 Å². The van der Waals surface area contributed by atoms with E-state index >= 15 is 0 Å². The van der Waals surface area contributed by atoms with Crippen LogP contribution in [0.3, 0.4) is 0 Å². The highest BCUT2D eigenvalue weighted by Crippen LogP contribution is 2.30. The van der Waals surface area contributed by atoms with Crippen molar-refractivity contribution in [1.29, 1.82) is 0 Å². The lowest BCUT2D eigenvalue weighted by atomic mass is 9.90. The Balaban J connectivity index is 2.28. The lowest BCUT2D eigenvalue weighted by Gasteiger charge is -2.20. The third-order valence-electron chi connectivity index (χ3n) is 3.28. The fourth-order valence-corrected chi connectivity index (χ4v) is 2.46. The third kappa shape index (κ3) is 2.75. The molecule has 0 aliphatic carbocycles. The predicted molar refractivity (Wildman–Crippen MR) is 66.2 cm³/mol. The number of likely N-dealkylation sites (tertiary alicyclic amines) is 1. The first kappa shape index (κ1) is 13.1. The van der Waals surface area contributed by atoms with E-state index in [0.717, 1.165) is 31.0 Å². The standard InChI is InChI=1S/C14H21NO3/c1-14(2,3)12-10(8-11(18-12)13(16)17)9-15-6-4-5-7-15/h8H,4-7,9H2,1-3H3,(H,16,17)/p-1. The van der Waals surface area contributed by atoms with Gasteiger partial charge in [0.2, 0.25) is 0 Å². The maximum absolute atomic E-state index is 10.9. The smallest absolute Gasteiger partial charge is 0.150 e. The number of furan rings is 1. The summed E-state index contributed by atoms with van der Waals surface area (Å²) in [4.78, 5) is 13.2. The molecule has 2 heterocycles. The van der Waals surface area contributed by atoms with Crippen LogP contribution in [0.1, 0.15) is 55.5 Å². The van der Waals surface area contributed by atoms with Gasteiger partial charge in [-0.25, -0.2) is 0 Å². The number of carboxylic acid groups (broad SMARTS) is 1. The second-order valence-corrected chi connectivity index (χ2v) is 5.99. The van der Waals surface area contributed by atoms with Crippen molar-refractivity contribution in [2.45, 2.75) is 45.6 Å². The molecular weight excluding hydrogens is 230 g/mol. The molecule has 1 saturated heterocycles. The van der Waals surface area contributed by atoms with Gasteiger partial charge in [-0.1, -0.05) is 20.8 Å². The van der Waals surface area contributed by atoms with Crippen LogP contribution >= 0.6 is 0 Å². The number of carboxylic acids is 1. The number of hydrogen-bond donors (Lipinski definition) is 0. The lowest BCUT2D eigenvalue weighted by molar-refractivity contribution is -0.257. The van der Waals surface area contributed by atoms with E-state index < -0.39 is 5.97 Å². The van der Waals surface area contributed by atoms with E-state index in [9.17, 15) is 9.90 Å². The van der Waals surface area contributed by atoms with Crippen molar-refractivity contribution in [1.82, 2.24) is 4.90 Å². The van der Waals surface area contributed by atoms with Gasteiger partial charge < -0.3 is 14.3 Å². The Kier molecular flexibility index (Phi) is 3.48. The quantitative estimate of drug-likeness (QED) is 0.816. The van der Waals surface area contributed by atoms with Gasteiger partial charge in [-0.05, 0) is 32.0 Å². The third-order valence-corrected chi connectivity index (χ3v) is 3.28. The van der Waals surface area contributed by atoms with Gasteiger partial charge in [0.15, 0.2) is 0 Å². The summed E-state index contributed by atoms with van der Waals surface area (Å²) >= 11 is 0. The summed E-state index contributed by atoms with van der Waals surface area (Å²) in [6.07, 6.45) is 2.44. The molecule has 1 aliphatic heterocycles. The Morgan fingerprint density at radius 1 is 1.39 bits per heavy atom. The zero-order valence-electron chi connectivity index (χ0n) is 11.3. The highest BCUT2D eigenvalue weighted by Gasteiger charge is 2.25. The van der Waals surface area contributed by atoms with E-state index in [-0.39, 0.29) is 11.2 Å². The SMILES string of the molecule is CC(C)(C)c1oc(C(=O)[O-])cc1CN1CCCC1. The number of hydrogen-bond acceptors (Lipinski definition) is 4. The van der Waals surface area contributed by atoms with E-state index in [1.807, 2.05) is 20.8 Å². The van der Waals surface area contributed by atoms with Crippen molar-refractivity contribution >= 4 is 5.97 Å². The van der Waals surface area contributed by atoms with Crippen LogP contribution in [0.15, 0.2) is 10.5 Å². The first-order chi connectivity index (χ1) is 8.38. The zero-order chi connectivity index (χ0) is 13.3. The highest BCUT2D eigenvalue weighted by atomic mass is 16.4. The van der Waals surface area contributed by atoms with Gasteiger partial charge in [0.1, 0.15) is 17.5 Å². The minimum absolute atomic E-state index is 0.0610. The average Bonchev–Trinajstić information content (AvgIpc) is 2.85. The van der Waals surface area contributed by atoms with E-state index in [0.29, 0.717) is 0 Å². The average molecular weight is 250 g/mol. The minimum Gasteiger partial charge on any atom is -0.542 e. The van der Waals surface area contributed by atoms with Crippen molar-refractivity contribution < 1.29 is 14.3 Å². The van der Waals surface area contributed by atoms with Crippen LogP contribution < -0.4 is 5.11 Å². The van der Waals surface area contributed by atoms with E-state index in [1.165, 1.54) is 12.8 Å². The fourth-order valence-electron chi connectivity index (χ4n) is 2.46. The summed E-state index contributed by atoms with van der Waals surface area (Å²) in [5.41, 5.74) is 0.784. The van der Waals surface area contributed by atoms with Gasteiger partial charge in [0.05, 0.1) is 0 Å². The molecule has 4 nitrogen and oxygen atoms in total. The first-order valence-electron chi connectivity index (χ1n) is 6.45. The van der Waals surface area contributed by atoms with Gasteiger partial charge in [-0.15, -0.1) is 0 Å². The van der Waals surface area contributed by atoms with E-state index in [2.05, 4.69) is 4.90 Å². The van der Waals surface area contributed by atoms with Gasteiger partial charge in [-0.2, -0.15) is 0 Å². The topological polar surface area (TPSA) is 56.5 Å². The van der Waals surface area contributed by atoms with Crippen LogP contribution in [0.5, 0.6) is 0 Å². The van der Waals surface area contributed by atoms with Gasteiger partial charge >= 0.3 is 0 Å². The molecule has 0 unspecified atom stereocenters. The molecule has 100 valence electrons. The molecule has 1 aromatic rings. The first-order valence-corrected chi connectivity index (χ1v) is 6.45. The van der Waals surface area contributed by atoms with Crippen LogP contribution in [0.4, 0.5) is 0 Å². The summed E-state index contributed by atoms with van der Waals surface area (Å²) in [6, 6.07) is 1.62. The Hall–Kier alpha value is -1.29. The summed E-state index contributed by atoms with van der Waals surface area (Å²) < 4.78 is 5.46. The summed E-state index contributed by atoms with van der Waals surface area (Å²) in [7, 11) is 0. The molecule has 0 amide bonds. The highest BCUT2D eigenvalue weighted by molar-refractivity contribution is 5.82. The maximum Gasteiger partial charge on any atom is 0.150 e. The zero-order valence-corrected chi connectivity index (χ0v) is 11.3. The summed E-state index contributed by atoms with van der Waals surface area (Å²) in [5.74, 6) is -0.545. The van der Waals surface area contributed by atoms with E-state index in [4.69, 9.17) is 4.42 Å². The lowest BCUT2D eigenvalue weighted by Crippen LogP contribution is -2.21. The minimum atomic E-state index is -1.24. The molecule has 2 rings (SSSR count). The summed E-state index contributed by atoms with van der Waals surface area (Å²) in [6.45, 7) is 9.00.